The molecule has 0 aromatic rings. The molecule has 0 aromatic heterocycles. The first-order valence-corrected chi connectivity index (χ1v) is 3.78. The zero-order valence-electron chi connectivity index (χ0n) is 6.74. The maximum absolute atomic E-state index is 5.24. The third kappa shape index (κ3) is 1.75. The van der Waals surface area contributed by atoms with Gasteiger partial charge in [-0.25, -0.2) is 0 Å². The highest BCUT2D eigenvalue weighted by Gasteiger charge is 2.24. The fourth-order valence-electron chi connectivity index (χ4n) is 1.25. The molecule has 0 radical (unpaired) electrons. The van der Waals surface area contributed by atoms with Gasteiger partial charge in [0.05, 0.1) is 0 Å². The Labute approximate surface area is 62.8 Å². The summed E-state index contributed by atoms with van der Waals surface area (Å²) in [6, 6.07) is 0. The van der Waals surface area contributed by atoms with Crippen molar-refractivity contribution in [3.63, 3.8) is 0 Å². The maximum atomic E-state index is 5.24. The summed E-state index contributed by atoms with van der Waals surface area (Å²) in [5, 5.41) is 0. The summed E-state index contributed by atoms with van der Waals surface area (Å²) in [5.41, 5.74) is 0.243. The molecule has 1 fully saturated rings. The quantitative estimate of drug-likeness (QED) is 0.464. The van der Waals surface area contributed by atoms with Gasteiger partial charge in [0, 0.05) is 18.6 Å². The van der Waals surface area contributed by atoms with Crippen molar-refractivity contribution in [1.29, 1.82) is 0 Å². The molecular formula is C9H14O. The molecule has 0 amide bonds. The molecule has 0 aromatic carbocycles. The van der Waals surface area contributed by atoms with Gasteiger partial charge < -0.3 is 4.74 Å². The van der Waals surface area contributed by atoms with Crippen LogP contribution >= 0.6 is 0 Å². The Hall–Kier alpha value is -0.480. The van der Waals surface area contributed by atoms with Crippen LogP contribution in [0.25, 0.3) is 0 Å². The van der Waals surface area contributed by atoms with Crippen LogP contribution in [0.15, 0.2) is 0 Å². The largest absolute Gasteiger partial charge is 0.381 e. The van der Waals surface area contributed by atoms with Crippen molar-refractivity contribution < 1.29 is 4.74 Å². The van der Waals surface area contributed by atoms with Gasteiger partial charge in [0.1, 0.15) is 0 Å². The predicted molar refractivity (Wildman–Crippen MR) is 41.6 cm³/mol. The fourth-order valence-corrected chi connectivity index (χ4v) is 1.25. The average molecular weight is 138 g/mol. The van der Waals surface area contributed by atoms with E-state index >= 15 is 0 Å². The summed E-state index contributed by atoms with van der Waals surface area (Å²) >= 11 is 0. The summed E-state index contributed by atoms with van der Waals surface area (Å²) in [6.45, 7) is 5.88. The highest BCUT2D eigenvalue weighted by molar-refractivity contribution is 5.09. The molecule has 1 saturated heterocycles. The molecule has 1 rings (SSSR count). The predicted octanol–water partition coefficient (Wildman–Crippen LogP) is 1.83. The molecule has 0 saturated carbocycles. The van der Waals surface area contributed by atoms with Crippen LogP contribution in [-0.2, 0) is 4.74 Å². The zero-order chi connectivity index (χ0) is 7.45. The lowest BCUT2D eigenvalue weighted by molar-refractivity contribution is 0.0487. The van der Waals surface area contributed by atoms with E-state index in [1.165, 1.54) is 0 Å². The van der Waals surface area contributed by atoms with Crippen molar-refractivity contribution in [2.75, 3.05) is 13.2 Å². The minimum absolute atomic E-state index is 0.243. The molecule has 1 nitrogen and oxygen atoms in total. The Morgan fingerprint density at radius 3 is 2.40 bits per heavy atom. The molecule has 0 unspecified atom stereocenters. The Bertz CT molecular complexity index is 155. The van der Waals surface area contributed by atoms with Crippen molar-refractivity contribution in [2.24, 2.45) is 5.41 Å². The second-order valence-electron chi connectivity index (χ2n) is 3.05. The van der Waals surface area contributed by atoms with Gasteiger partial charge in [0.25, 0.3) is 0 Å². The maximum Gasteiger partial charge on any atom is 0.0480 e. The summed E-state index contributed by atoms with van der Waals surface area (Å²) in [5.74, 6) is 6.20. The van der Waals surface area contributed by atoms with Crippen LogP contribution in [0.3, 0.4) is 0 Å². The van der Waals surface area contributed by atoms with Crippen LogP contribution in [0.2, 0.25) is 0 Å². The van der Waals surface area contributed by atoms with E-state index in [-0.39, 0.29) is 5.41 Å². The SMILES string of the molecule is CC#CC1(C)CCOCC1. The molecule has 0 bridgehead atoms. The van der Waals surface area contributed by atoms with Gasteiger partial charge in [0.2, 0.25) is 0 Å². The second kappa shape index (κ2) is 3.07. The monoisotopic (exact) mass is 138 g/mol. The molecule has 0 aliphatic carbocycles. The molecule has 1 heterocycles. The van der Waals surface area contributed by atoms with Gasteiger partial charge in [-0.05, 0) is 26.7 Å². The van der Waals surface area contributed by atoms with E-state index in [9.17, 15) is 0 Å². The lowest BCUT2D eigenvalue weighted by Crippen LogP contribution is -2.24. The highest BCUT2D eigenvalue weighted by atomic mass is 16.5. The van der Waals surface area contributed by atoms with Crippen molar-refractivity contribution in [3.05, 3.63) is 0 Å². The summed E-state index contributed by atoms with van der Waals surface area (Å²) in [7, 11) is 0. The van der Waals surface area contributed by atoms with E-state index in [4.69, 9.17) is 4.74 Å². The van der Waals surface area contributed by atoms with Crippen molar-refractivity contribution in [2.45, 2.75) is 26.7 Å². The lowest BCUT2D eigenvalue weighted by Gasteiger charge is -2.27. The smallest absolute Gasteiger partial charge is 0.0480 e. The molecule has 1 aliphatic rings. The molecule has 0 N–H and O–H groups in total. The van der Waals surface area contributed by atoms with Gasteiger partial charge in [-0.3, -0.25) is 0 Å². The summed E-state index contributed by atoms with van der Waals surface area (Å²) < 4.78 is 5.24. The molecule has 1 aliphatic heterocycles. The fraction of sp³-hybridized carbons (Fsp3) is 0.778. The minimum Gasteiger partial charge on any atom is -0.381 e. The minimum atomic E-state index is 0.243. The van der Waals surface area contributed by atoms with E-state index < -0.39 is 0 Å². The molecular weight excluding hydrogens is 124 g/mol. The molecule has 0 spiro atoms. The number of rotatable bonds is 0. The van der Waals surface area contributed by atoms with Gasteiger partial charge in [0.15, 0.2) is 0 Å². The first-order valence-electron chi connectivity index (χ1n) is 3.78. The van der Waals surface area contributed by atoms with E-state index in [0.29, 0.717) is 0 Å². The van der Waals surface area contributed by atoms with Gasteiger partial charge >= 0.3 is 0 Å². The van der Waals surface area contributed by atoms with E-state index in [1.807, 2.05) is 6.92 Å². The van der Waals surface area contributed by atoms with Gasteiger partial charge in [-0.15, -0.1) is 5.92 Å². The summed E-state index contributed by atoms with van der Waals surface area (Å²) in [6.07, 6.45) is 2.18. The summed E-state index contributed by atoms with van der Waals surface area (Å²) in [4.78, 5) is 0. The van der Waals surface area contributed by atoms with Crippen LogP contribution in [0.1, 0.15) is 26.7 Å². The van der Waals surface area contributed by atoms with E-state index in [1.54, 1.807) is 0 Å². The molecule has 0 atom stereocenters. The zero-order valence-corrected chi connectivity index (χ0v) is 6.74. The third-order valence-corrected chi connectivity index (χ3v) is 2.02. The Kier molecular flexibility index (Phi) is 2.34. The number of hydrogen-bond acceptors (Lipinski definition) is 1. The van der Waals surface area contributed by atoms with E-state index in [0.717, 1.165) is 26.1 Å². The van der Waals surface area contributed by atoms with Crippen LogP contribution in [0, 0.1) is 17.3 Å². The van der Waals surface area contributed by atoms with Crippen LogP contribution in [0.4, 0.5) is 0 Å². The van der Waals surface area contributed by atoms with Crippen LogP contribution in [-0.4, -0.2) is 13.2 Å². The molecule has 10 heavy (non-hydrogen) atoms. The Morgan fingerprint density at radius 1 is 1.30 bits per heavy atom. The Morgan fingerprint density at radius 2 is 1.90 bits per heavy atom. The van der Waals surface area contributed by atoms with Crippen LogP contribution in [0.5, 0.6) is 0 Å². The first kappa shape index (κ1) is 7.63. The van der Waals surface area contributed by atoms with Gasteiger partial charge in [-0.1, -0.05) is 5.92 Å². The van der Waals surface area contributed by atoms with Crippen LogP contribution < -0.4 is 0 Å². The highest BCUT2D eigenvalue weighted by Crippen LogP contribution is 2.28. The standard InChI is InChI=1S/C9H14O/c1-3-4-9(2)5-7-10-8-6-9/h5-8H2,1-2H3. The first-order chi connectivity index (χ1) is 4.77. The molecule has 56 valence electrons. The second-order valence-corrected chi connectivity index (χ2v) is 3.05. The number of ether oxygens (including phenoxy) is 1. The third-order valence-electron chi connectivity index (χ3n) is 2.02. The van der Waals surface area contributed by atoms with Crippen molar-refractivity contribution >= 4 is 0 Å². The van der Waals surface area contributed by atoms with Crippen molar-refractivity contribution in [3.8, 4) is 11.8 Å². The average Bonchev–Trinajstić information content (AvgIpc) is 1.89. The van der Waals surface area contributed by atoms with Gasteiger partial charge in [-0.2, -0.15) is 0 Å². The van der Waals surface area contributed by atoms with E-state index in [2.05, 4.69) is 18.8 Å². The van der Waals surface area contributed by atoms with Crippen molar-refractivity contribution in [1.82, 2.24) is 0 Å². The number of hydrogen-bond donors (Lipinski definition) is 0. The Balaban J connectivity index is 2.53. The topological polar surface area (TPSA) is 9.23 Å². The lowest BCUT2D eigenvalue weighted by atomic mass is 9.83. The normalized spacial score (nSPS) is 23.0. The molecule has 1 heteroatoms.